The molecule has 2 rings (SSSR count). The molecule has 0 aliphatic rings. The van der Waals surface area contributed by atoms with Gasteiger partial charge in [0.2, 0.25) is 0 Å². The summed E-state index contributed by atoms with van der Waals surface area (Å²) < 4.78 is 6.87. The van der Waals surface area contributed by atoms with E-state index in [0.29, 0.717) is 12.2 Å². The quantitative estimate of drug-likeness (QED) is 0.758. The van der Waals surface area contributed by atoms with Crippen LogP contribution < -0.4 is 4.74 Å². The Kier molecular flexibility index (Phi) is 5.00. The van der Waals surface area contributed by atoms with E-state index < -0.39 is 0 Å². The smallest absolute Gasteiger partial charge is 0.253 e. The van der Waals surface area contributed by atoms with Crippen LogP contribution in [0.1, 0.15) is 15.9 Å². The summed E-state index contributed by atoms with van der Waals surface area (Å²) in [4.78, 5) is 13.3. The molecular formula is C16H16INO2. The second-order valence-electron chi connectivity index (χ2n) is 4.64. The van der Waals surface area contributed by atoms with Gasteiger partial charge < -0.3 is 9.64 Å². The highest BCUT2D eigenvalue weighted by Crippen LogP contribution is 2.16. The Morgan fingerprint density at radius 3 is 2.45 bits per heavy atom. The lowest BCUT2D eigenvalue weighted by atomic mass is 10.1. The number of amides is 1. The maximum absolute atomic E-state index is 11.8. The first kappa shape index (κ1) is 14.8. The molecule has 0 N–H and O–H groups in total. The van der Waals surface area contributed by atoms with E-state index in [-0.39, 0.29) is 5.91 Å². The summed E-state index contributed by atoms with van der Waals surface area (Å²) in [6.07, 6.45) is 0. The van der Waals surface area contributed by atoms with Crippen molar-refractivity contribution >= 4 is 28.5 Å². The molecule has 0 heterocycles. The minimum absolute atomic E-state index is 0.00933. The Labute approximate surface area is 132 Å². The zero-order valence-corrected chi connectivity index (χ0v) is 13.6. The van der Waals surface area contributed by atoms with E-state index in [1.54, 1.807) is 19.0 Å². The van der Waals surface area contributed by atoms with Gasteiger partial charge in [0.05, 0.1) is 0 Å². The Bertz CT molecular complexity index is 594. The van der Waals surface area contributed by atoms with E-state index in [0.717, 1.165) is 14.9 Å². The molecule has 104 valence electrons. The largest absolute Gasteiger partial charge is 0.489 e. The fourth-order valence-electron chi connectivity index (χ4n) is 1.73. The van der Waals surface area contributed by atoms with Crippen LogP contribution in [-0.2, 0) is 6.61 Å². The molecule has 3 nitrogen and oxygen atoms in total. The van der Waals surface area contributed by atoms with Crippen LogP contribution in [0.3, 0.4) is 0 Å². The van der Waals surface area contributed by atoms with Gasteiger partial charge in [-0.3, -0.25) is 4.79 Å². The van der Waals surface area contributed by atoms with E-state index in [9.17, 15) is 4.79 Å². The molecule has 2 aromatic carbocycles. The Morgan fingerprint density at radius 1 is 1.15 bits per heavy atom. The summed E-state index contributed by atoms with van der Waals surface area (Å²) in [7, 11) is 3.49. The van der Waals surface area contributed by atoms with Crippen molar-refractivity contribution in [1.82, 2.24) is 4.90 Å². The van der Waals surface area contributed by atoms with E-state index in [4.69, 9.17) is 4.74 Å². The third-order valence-electron chi connectivity index (χ3n) is 2.81. The number of ether oxygens (including phenoxy) is 1. The number of rotatable bonds is 4. The fraction of sp³-hybridized carbons (Fsp3) is 0.188. The van der Waals surface area contributed by atoms with Gasteiger partial charge in [0.15, 0.2) is 0 Å². The summed E-state index contributed by atoms with van der Waals surface area (Å²) in [5.41, 5.74) is 1.73. The van der Waals surface area contributed by atoms with Crippen LogP contribution in [0.4, 0.5) is 0 Å². The summed E-state index contributed by atoms with van der Waals surface area (Å²) in [6.45, 7) is 0.497. The van der Waals surface area contributed by atoms with Crippen molar-refractivity contribution in [2.75, 3.05) is 14.1 Å². The minimum atomic E-state index is 0.00933. The van der Waals surface area contributed by atoms with Crippen LogP contribution in [0.2, 0.25) is 0 Å². The van der Waals surface area contributed by atoms with Crippen LogP contribution in [0.5, 0.6) is 5.75 Å². The van der Waals surface area contributed by atoms with Gasteiger partial charge in [-0.2, -0.15) is 0 Å². The van der Waals surface area contributed by atoms with Crippen LogP contribution in [-0.4, -0.2) is 24.9 Å². The van der Waals surface area contributed by atoms with E-state index >= 15 is 0 Å². The van der Waals surface area contributed by atoms with Crippen LogP contribution in [0, 0.1) is 3.57 Å². The average molecular weight is 381 g/mol. The summed E-state index contributed by atoms with van der Waals surface area (Å²) in [5.74, 6) is 0.862. The molecule has 0 radical (unpaired) electrons. The zero-order chi connectivity index (χ0) is 14.5. The van der Waals surface area contributed by atoms with Crippen molar-refractivity contribution in [3.05, 3.63) is 63.2 Å². The second-order valence-corrected chi connectivity index (χ2v) is 5.89. The van der Waals surface area contributed by atoms with Crippen molar-refractivity contribution in [2.24, 2.45) is 0 Å². The molecule has 2 aromatic rings. The number of halogens is 1. The molecule has 0 unspecified atom stereocenters. The van der Waals surface area contributed by atoms with Crippen LogP contribution in [0.15, 0.2) is 48.5 Å². The van der Waals surface area contributed by atoms with Gasteiger partial charge in [-0.25, -0.2) is 0 Å². The van der Waals surface area contributed by atoms with Crippen molar-refractivity contribution in [2.45, 2.75) is 6.61 Å². The molecule has 4 heteroatoms. The molecule has 0 atom stereocenters. The minimum Gasteiger partial charge on any atom is -0.489 e. The van der Waals surface area contributed by atoms with Gasteiger partial charge in [0.25, 0.3) is 5.91 Å². The fourth-order valence-corrected chi connectivity index (χ4v) is 2.24. The molecule has 0 saturated carbocycles. The molecule has 0 aromatic heterocycles. The monoisotopic (exact) mass is 381 g/mol. The maximum atomic E-state index is 11.8. The van der Waals surface area contributed by atoms with E-state index in [2.05, 4.69) is 22.6 Å². The SMILES string of the molecule is CN(C)C(=O)c1ccc(COc2cccc(I)c2)cc1. The van der Waals surface area contributed by atoms with Gasteiger partial charge >= 0.3 is 0 Å². The number of hydrogen-bond acceptors (Lipinski definition) is 2. The topological polar surface area (TPSA) is 29.5 Å². The predicted molar refractivity (Wildman–Crippen MR) is 88.0 cm³/mol. The van der Waals surface area contributed by atoms with Gasteiger partial charge in [-0.1, -0.05) is 18.2 Å². The number of carbonyl (C=O) groups excluding carboxylic acids is 1. The highest BCUT2D eigenvalue weighted by Gasteiger charge is 2.07. The third-order valence-corrected chi connectivity index (χ3v) is 3.48. The lowest BCUT2D eigenvalue weighted by molar-refractivity contribution is 0.0827. The van der Waals surface area contributed by atoms with Gasteiger partial charge in [0.1, 0.15) is 12.4 Å². The third kappa shape index (κ3) is 3.96. The lowest BCUT2D eigenvalue weighted by Gasteiger charge is -2.11. The molecule has 1 amide bonds. The van der Waals surface area contributed by atoms with Crippen LogP contribution >= 0.6 is 22.6 Å². The normalized spacial score (nSPS) is 10.2. The van der Waals surface area contributed by atoms with Crippen LogP contribution in [0.25, 0.3) is 0 Å². The molecule has 0 saturated heterocycles. The van der Waals surface area contributed by atoms with Gasteiger partial charge in [-0.15, -0.1) is 0 Å². The molecule has 0 spiro atoms. The Balaban J connectivity index is 1.99. The molecule has 20 heavy (non-hydrogen) atoms. The first-order valence-corrected chi connectivity index (χ1v) is 7.33. The Hall–Kier alpha value is -1.56. The Morgan fingerprint density at radius 2 is 1.85 bits per heavy atom. The first-order valence-electron chi connectivity index (χ1n) is 6.25. The van der Waals surface area contributed by atoms with Crippen molar-refractivity contribution < 1.29 is 9.53 Å². The standard InChI is InChI=1S/C16H16INO2/c1-18(2)16(19)13-8-6-12(7-9-13)11-20-15-5-3-4-14(17)10-15/h3-10H,11H2,1-2H3. The number of hydrogen-bond donors (Lipinski definition) is 0. The molecule has 0 aliphatic carbocycles. The number of nitrogens with zero attached hydrogens (tertiary/aromatic N) is 1. The van der Waals surface area contributed by atoms with Crippen molar-refractivity contribution in [3.8, 4) is 5.75 Å². The summed E-state index contributed by atoms with van der Waals surface area (Å²) in [6, 6.07) is 15.4. The first-order chi connectivity index (χ1) is 9.56. The maximum Gasteiger partial charge on any atom is 0.253 e. The van der Waals surface area contributed by atoms with E-state index in [1.807, 2.05) is 48.5 Å². The number of benzene rings is 2. The highest BCUT2D eigenvalue weighted by molar-refractivity contribution is 14.1. The van der Waals surface area contributed by atoms with E-state index in [1.165, 1.54) is 0 Å². The lowest BCUT2D eigenvalue weighted by Crippen LogP contribution is -2.21. The molecule has 0 bridgehead atoms. The van der Waals surface area contributed by atoms with Gasteiger partial charge in [0, 0.05) is 23.2 Å². The number of carbonyl (C=O) groups is 1. The van der Waals surface area contributed by atoms with Gasteiger partial charge in [-0.05, 0) is 58.5 Å². The zero-order valence-electron chi connectivity index (χ0n) is 11.5. The van der Waals surface area contributed by atoms with Crippen molar-refractivity contribution in [1.29, 1.82) is 0 Å². The highest BCUT2D eigenvalue weighted by atomic mass is 127. The summed E-state index contributed by atoms with van der Waals surface area (Å²) >= 11 is 2.26. The van der Waals surface area contributed by atoms with Crippen molar-refractivity contribution in [3.63, 3.8) is 0 Å². The predicted octanol–water partition coefficient (Wildman–Crippen LogP) is 3.57. The molecular weight excluding hydrogens is 365 g/mol. The second kappa shape index (κ2) is 6.74. The summed E-state index contributed by atoms with van der Waals surface area (Å²) in [5, 5.41) is 0. The molecule has 0 aliphatic heterocycles. The average Bonchev–Trinajstić information content (AvgIpc) is 2.45. The molecule has 0 fully saturated rings.